The molecule has 0 bridgehead atoms. The molecule has 0 aliphatic heterocycles. The lowest BCUT2D eigenvalue weighted by Crippen LogP contribution is -2.23. The molecule has 1 N–H and O–H groups in total. The highest BCUT2D eigenvalue weighted by molar-refractivity contribution is 5.27. The molecule has 1 aliphatic rings. The van der Waals surface area contributed by atoms with Crippen molar-refractivity contribution < 1.29 is 4.39 Å². The van der Waals surface area contributed by atoms with Crippen LogP contribution in [-0.4, -0.2) is 0 Å². The summed E-state index contributed by atoms with van der Waals surface area (Å²) in [4.78, 5) is 0. The summed E-state index contributed by atoms with van der Waals surface area (Å²) in [6.07, 6.45) is 2.53. The van der Waals surface area contributed by atoms with Crippen LogP contribution in [0.25, 0.3) is 0 Å². The normalized spacial score (nSPS) is 16.1. The van der Waals surface area contributed by atoms with Gasteiger partial charge in [-0.3, -0.25) is 0 Å². The zero-order chi connectivity index (χ0) is 13.9. The number of rotatable bonds is 5. The van der Waals surface area contributed by atoms with Gasteiger partial charge in [0.1, 0.15) is 5.82 Å². The SMILES string of the molecule is Cc1ccccc1CNC(c1ccc(F)cc1)C1CC1. The molecule has 0 aromatic heterocycles. The zero-order valence-corrected chi connectivity index (χ0v) is 11.8. The molecule has 0 radical (unpaired) electrons. The fourth-order valence-electron chi connectivity index (χ4n) is 2.68. The molecule has 1 nitrogen and oxygen atoms in total. The highest BCUT2D eigenvalue weighted by Crippen LogP contribution is 2.41. The first-order valence-corrected chi connectivity index (χ1v) is 7.27. The van der Waals surface area contributed by atoms with Crippen molar-refractivity contribution in [3.8, 4) is 0 Å². The largest absolute Gasteiger partial charge is 0.306 e. The van der Waals surface area contributed by atoms with Crippen LogP contribution in [0.3, 0.4) is 0 Å². The van der Waals surface area contributed by atoms with Gasteiger partial charge in [-0.25, -0.2) is 4.39 Å². The fourth-order valence-corrected chi connectivity index (χ4v) is 2.68. The molecule has 20 heavy (non-hydrogen) atoms. The molecule has 0 saturated heterocycles. The van der Waals surface area contributed by atoms with E-state index in [-0.39, 0.29) is 5.82 Å². The number of aryl methyl sites for hydroxylation is 1. The quantitative estimate of drug-likeness (QED) is 0.849. The van der Waals surface area contributed by atoms with Crippen LogP contribution in [0.15, 0.2) is 48.5 Å². The summed E-state index contributed by atoms with van der Waals surface area (Å²) in [5.41, 5.74) is 3.84. The van der Waals surface area contributed by atoms with Gasteiger partial charge in [-0.2, -0.15) is 0 Å². The molecule has 1 aliphatic carbocycles. The number of hydrogen-bond acceptors (Lipinski definition) is 1. The van der Waals surface area contributed by atoms with Crippen molar-refractivity contribution in [3.05, 3.63) is 71.0 Å². The van der Waals surface area contributed by atoms with Crippen molar-refractivity contribution in [1.29, 1.82) is 0 Å². The van der Waals surface area contributed by atoms with E-state index >= 15 is 0 Å². The molecule has 1 atom stereocenters. The van der Waals surface area contributed by atoms with Crippen LogP contribution in [0.1, 0.15) is 35.6 Å². The molecule has 0 spiro atoms. The number of halogens is 1. The maximum absolute atomic E-state index is 13.1. The average Bonchev–Trinajstić information content (AvgIpc) is 3.27. The summed E-state index contributed by atoms with van der Waals surface area (Å²) in [6, 6.07) is 15.7. The van der Waals surface area contributed by atoms with Crippen LogP contribution in [0, 0.1) is 18.7 Å². The van der Waals surface area contributed by atoms with Crippen molar-refractivity contribution in [2.45, 2.75) is 32.4 Å². The third-order valence-corrected chi connectivity index (χ3v) is 4.10. The Morgan fingerprint density at radius 2 is 1.80 bits per heavy atom. The zero-order valence-electron chi connectivity index (χ0n) is 11.8. The van der Waals surface area contributed by atoms with Crippen molar-refractivity contribution in [2.24, 2.45) is 5.92 Å². The Bertz CT molecular complexity index is 572. The lowest BCUT2D eigenvalue weighted by molar-refractivity contribution is 0.478. The Kier molecular flexibility index (Phi) is 3.83. The summed E-state index contributed by atoms with van der Waals surface area (Å²) in [7, 11) is 0. The lowest BCUT2D eigenvalue weighted by atomic mass is 10.0. The third-order valence-electron chi connectivity index (χ3n) is 4.10. The van der Waals surface area contributed by atoms with Gasteiger partial charge in [-0.15, -0.1) is 0 Å². The number of nitrogens with one attached hydrogen (secondary N) is 1. The second-order valence-electron chi connectivity index (χ2n) is 5.67. The lowest BCUT2D eigenvalue weighted by Gasteiger charge is -2.19. The highest BCUT2D eigenvalue weighted by Gasteiger charge is 2.31. The van der Waals surface area contributed by atoms with Gasteiger partial charge in [0, 0.05) is 12.6 Å². The Balaban J connectivity index is 1.72. The standard InChI is InChI=1S/C18H20FN/c1-13-4-2-3-5-16(13)12-20-18(14-6-7-14)15-8-10-17(19)11-9-15/h2-5,8-11,14,18,20H,6-7,12H2,1H3. The van der Waals surface area contributed by atoms with Crippen LogP contribution < -0.4 is 5.32 Å². The second kappa shape index (κ2) is 5.76. The van der Waals surface area contributed by atoms with Crippen LogP contribution in [0.5, 0.6) is 0 Å². The molecule has 3 rings (SSSR count). The summed E-state index contributed by atoms with van der Waals surface area (Å²) in [5.74, 6) is 0.534. The predicted molar refractivity (Wildman–Crippen MR) is 79.9 cm³/mol. The fraction of sp³-hybridized carbons (Fsp3) is 0.333. The minimum absolute atomic E-state index is 0.165. The van der Waals surface area contributed by atoms with Gasteiger partial charge < -0.3 is 5.32 Å². The van der Waals surface area contributed by atoms with Crippen molar-refractivity contribution in [2.75, 3.05) is 0 Å². The van der Waals surface area contributed by atoms with E-state index in [2.05, 4.69) is 36.5 Å². The summed E-state index contributed by atoms with van der Waals surface area (Å²) < 4.78 is 13.1. The third kappa shape index (κ3) is 3.07. The first-order valence-electron chi connectivity index (χ1n) is 7.27. The van der Waals surface area contributed by atoms with Crippen LogP contribution >= 0.6 is 0 Å². The first-order chi connectivity index (χ1) is 9.74. The Morgan fingerprint density at radius 1 is 1.10 bits per heavy atom. The maximum Gasteiger partial charge on any atom is 0.123 e. The van der Waals surface area contributed by atoms with Crippen LogP contribution in [-0.2, 0) is 6.54 Å². The molecular weight excluding hydrogens is 249 g/mol. The van der Waals surface area contributed by atoms with Crippen molar-refractivity contribution in [1.82, 2.24) is 5.32 Å². The van der Waals surface area contributed by atoms with E-state index in [0.29, 0.717) is 12.0 Å². The van der Waals surface area contributed by atoms with Gasteiger partial charge in [-0.1, -0.05) is 36.4 Å². The molecule has 2 aromatic rings. The van der Waals surface area contributed by atoms with Crippen molar-refractivity contribution in [3.63, 3.8) is 0 Å². The molecule has 2 aromatic carbocycles. The molecular formula is C18H20FN. The molecule has 1 saturated carbocycles. The van der Waals surface area contributed by atoms with Crippen LogP contribution in [0.2, 0.25) is 0 Å². The first kappa shape index (κ1) is 13.3. The molecule has 104 valence electrons. The number of benzene rings is 2. The smallest absolute Gasteiger partial charge is 0.123 e. The van der Waals surface area contributed by atoms with Gasteiger partial charge in [0.2, 0.25) is 0 Å². The van der Waals surface area contributed by atoms with E-state index in [0.717, 1.165) is 6.54 Å². The van der Waals surface area contributed by atoms with E-state index in [1.165, 1.54) is 29.5 Å². The van der Waals surface area contributed by atoms with E-state index in [9.17, 15) is 4.39 Å². The van der Waals surface area contributed by atoms with Crippen molar-refractivity contribution >= 4 is 0 Å². The molecule has 0 amide bonds. The minimum atomic E-state index is -0.165. The molecule has 1 fully saturated rings. The van der Waals surface area contributed by atoms with Gasteiger partial charge >= 0.3 is 0 Å². The summed E-state index contributed by atoms with van der Waals surface area (Å²) >= 11 is 0. The van der Waals surface area contributed by atoms with Gasteiger partial charge in [0.05, 0.1) is 0 Å². The summed E-state index contributed by atoms with van der Waals surface area (Å²) in [6.45, 7) is 3.01. The average molecular weight is 269 g/mol. The second-order valence-corrected chi connectivity index (χ2v) is 5.67. The monoisotopic (exact) mass is 269 g/mol. The molecule has 2 heteroatoms. The van der Waals surface area contributed by atoms with Gasteiger partial charge in [-0.05, 0) is 54.5 Å². The van der Waals surface area contributed by atoms with Gasteiger partial charge in [0.15, 0.2) is 0 Å². The maximum atomic E-state index is 13.1. The molecule has 0 heterocycles. The Hall–Kier alpha value is -1.67. The van der Waals surface area contributed by atoms with E-state index < -0.39 is 0 Å². The van der Waals surface area contributed by atoms with E-state index in [4.69, 9.17) is 0 Å². The number of hydrogen-bond donors (Lipinski definition) is 1. The van der Waals surface area contributed by atoms with E-state index in [1.54, 1.807) is 12.1 Å². The van der Waals surface area contributed by atoms with Gasteiger partial charge in [0.25, 0.3) is 0 Å². The van der Waals surface area contributed by atoms with E-state index in [1.807, 2.05) is 12.1 Å². The Morgan fingerprint density at radius 3 is 2.45 bits per heavy atom. The topological polar surface area (TPSA) is 12.0 Å². The highest BCUT2D eigenvalue weighted by atomic mass is 19.1. The Labute approximate surface area is 119 Å². The van der Waals surface area contributed by atoms with Crippen LogP contribution in [0.4, 0.5) is 4.39 Å². The minimum Gasteiger partial charge on any atom is -0.306 e. The summed E-state index contributed by atoms with van der Waals surface area (Å²) in [5, 5.41) is 3.65. The molecule has 1 unspecified atom stereocenters. The predicted octanol–water partition coefficient (Wildman–Crippen LogP) is 4.38.